The Hall–Kier alpha value is -0.530. The minimum atomic E-state index is 0.445. The lowest BCUT2D eigenvalue weighted by Gasteiger charge is -2.26. The quantitative estimate of drug-likeness (QED) is 0.800. The van der Waals surface area contributed by atoms with Crippen molar-refractivity contribution < 1.29 is 0 Å². The highest BCUT2D eigenvalue weighted by Gasteiger charge is 2.27. The summed E-state index contributed by atoms with van der Waals surface area (Å²) >= 11 is 6.44. The van der Waals surface area contributed by atoms with Crippen LogP contribution in [0.15, 0.2) is 18.2 Å². The first-order valence-corrected chi connectivity index (χ1v) is 7.59. The van der Waals surface area contributed by atoms with Gasteiger partial charge in [-0.2, -0.15) is 0 Å². The number of nitrogens with one attached hydrogen (secondary N) is 1. The van der Waals surface area contributed by atoms with Crippen molar-refractivity contribution in [1.29, 1.82) is 0 Å². The molecule has 1 aliphatic carbocycles. The van der Waals surface area contributed by atoms with Gasteiger partial charge in [0.25, 0.3) is 0 Å². The second-order valence-electron chi connectivity index (χ2n) is 5.50. The molecule has 2 rings (SSSR count). The molecular formula is C16H24ClN. The Bertz CT molecular complexity index is 383. The van der Waals surface area contributed by atoms with E-state index in [0.29, 0.717) is 6.04 Å². The number of hydrogen-bond donors (Lipinski definition) is 1. The van der Waals surface area contributed by atoms with Gasteiger partial charge in [-0.05, 0) is 55.8 Å². The molecule has 1 unspecified atom stereocenters. The first kappa shape index (κ1) is 13.9. The summed E-state index contributed by atoms with van der Waals surface area (Å²) in [6.45, 7) is 5.39. The Labute approximate surface area is 116 Å². The predicted octanol–water partition coefficient (Wildman–Crippen LogP) is 4.88. The Morgan fingerprint density at radius 1 is 1.33 bits per heavy atom. The molecule has 1 aromatic rings. The Morgan fingerprint density at radius 3 is 2.67 bits per heavy atom. The van der Waals surface area contributed by atoms with Crippen molar-refractivity contribution in [3.8, 4) is 0 Å². The number of aryl methyl sites for hydroxylation is 1. The molecule has 0 amide bonds. The Balaban J connectivity index is 2.20. The molecule has 0 bridgehead atoms. The summed E-state index contributed by atoms with van der Waals surface area (Å²) in [5.74, 6) is 0.761. The van der Waals surface area contributed by atoms with E-state index in [1.54, 1.807) is 0 Å². The molecular weight excluding hydrogens is 242 g/mol. The van der Waals surface area contributed by atoms with Crippen LogP contribution in [0, 0.1) is 12.8 Å². The van der Waals surface area contributed by atoms with E-state index < -0.39 is 0 Å². The van der Waals surface area contributed by atoms with Crippen molar-refractivity contribution in [1.82, 2.24) is 5.32 Å². The van der Waals surface area contributed by atoms with Crippen molar-refractivity contribution in [2.24, 2.45) is 5.92 Å². The summed E-state index contributed by atoms with van der Waals surface area (Å²) in [4.78, 5) is 0. The third-order valence-corrected chi connectivity index (χ3v) is 4.30. The molecule has 1 saturated carbocycles. The minimum absolute atomic E-state index is 0.445. The van der Waals surface area contributed by atoms with E-state index in [-0.39, 0.29) is 0 Å². The molecule has 1 fully saturated rings. The number of hydrogen-bond acceptors (Lipinski definition) is 1. The monoisotopic (exact) mass is 265 g/mol. The maximum atomic E-state index is 6.44. The van der Waals surface area contributed by atoms with Crippen molar-refractivity contribution in [3.63, 3.8) is 0 Å². The molecule has 2 heteroatoms. The lowest BCUT2D eigenvalue weighted by atomic mass is 9.91. The summed E-state index contributed by atoms with van der Waals surface area (Å²) in [7, 11) is 0. The maximum Gasteiger partial charge on any atom is 0.0456 e. The normalized spacial score (nSPS) is 18.2. The third-order valence-electron chi connectivity index (χ3n) is 3.98. The van der Waals surface area contributed by atoms with E-state index in [1.165, 1.54) is 43.2 Å². The molecule has 0 radical (unpaired) electrons. The number of rotatable bonds is 5. The molecule has 18 heavy (non-hydrogen) atoms. The van der Waals surface area contributed by atoms with Gasteiger partial charge in [0.2, 0.25) is 0 Å². The van der Waals surface area contributed by atoms with Gasteiger partial charge in [-0.15, -0.1) is 0 Å². The predicted molar refractivity (Wildman–Crippen MR) is 79.2 cm³/mol. The van der Waals surface area contributed by atoms with Crippen molar-refractivity contribution >= 4 is 11.6 Å². The van der Waals surface area contributed by atoms with Crippen LogP contribution in [0.2, 0.25) is 5.02 Å². The minimum Gasteiger partial charge on any atom is -0.310 e. The Kier molecular flexibility index (Phi) is 5.08. The van der Waals surface area contributed by atoms with Gasteiger partial charge in [0, 0.05) is 11.1 Å². The smallest absolute Gasteiger partial charge is 0.0456 e. The zero-order chi connectivity index (χ0) is 13.0. The van der Waals surface area contributed by atoms with Crippen LogP contribution in [0.5, 0.6) is 0 Å². The van der Waals surface area contributed by atoms with Gasteiger partial charge in [-0.1, -0.05) is 43.5 Å². The van der Waals surface area contributed by atoms with E-state index >= 15 is 0 Å². The van der Waals surface area contributed by atoms with Gasteiger partial charge in [0.05, 0.1) is 0 Å². The summed E-state index contributed by atoms with van der Waals surface area (Å²) in [5, 5.41) is 4.63. The fourth-order valence-corrected chi connectivity index (χ4v) is 3.36. The molecule has 1 aromatic carbocycles. The van der Waals surface area contributed by atoms with Crippen LogP contribution >= 0.6 is 11.6 Å². The number of halogens is 1. The van der Waals surface area contributed by atoms with E-state index in [1.807, 2.05) is 0 Å². The van der Waals surface area contributed by atoms with E-state index in [2.05, 4.69) is 37.4 Å². The molecule has 0 heterocycles. The highest BCUT2D eigenvalue weighted by atomic mass is 35.5. The molecule has 1 N–H and O–H groups in total. The molecule has 1 nitrogen and oxygen atoms in total. The van der Waals surface area contributed by atoms with Crippen LogP contribution in [0.4, 0.5) is 0 Å². The van der Waals surface area contributed by atoms with Gasteiger partial charge >= 0.3 is 0 Å². The summed E-state index contributed by atoms with van der Waals surface area (Å²) in [5.41, 5.74) is 2.53. The zero-order valence-electron chi connectivity index (χ0n) is 11.5. The van der Waals surface area contributed by atoms with Crippen LogP contribution in [0.25, 0.3) is 0 Å². The van der Waals surface area contributed by atoms with Crippen LogP contribution in [-0.2, 0) is 0 Å². The lowest BCUT2D eigenvalue weighted by Crippen LogP contribution is -2.28. The molecule has 1 aliphatic rings. The van der Waals surface area contributed by atoms with Crippen molar-refractivity contribution in [2.75, 3.05) is 6.54 Å². The van der Waals surface area contributed by atoms with Gasteiger partial charge < -0.3 is 5.32 Å². The van der Waals surface area contributed by atoms with Crippen molar-refractivity contribution in [2.45, 2.75) is 52.0 Å². The average Bonchev–Trinajstić information content (AvgIpc) is 2.85. The molecule has 0 spiro atoms. The summed E-state index contributed by atoms with van der Waals surface area (Å²) in [6.07, 6.45) is 6.60. The maximum absolute atomic E-state index is 6.44. The standard InChI is InChI=1S/C16H24ClN/c1-3-10-18-16(13-6-4-5-7-13)14-9-8-12(2)11-15(14)17/h8-9,11,13,16,18H,3-7,10H2,1-2H3. The van der Waals surface area contributed by atoms with Crippen LogP contribution in [0.3, 0.4) is 0 Å². The molecule has 100 valence electrons. The van der Waals surface area contributed by atoms with Crippen LogP contribution < -0.4 is 5.32 Å². The molecule has 1 atom stereocenters. The topological polar surface area (TPSA) is 12.0 Å². The van der Waals surface area contributed by atoms with Gasteiger partial charge in [-0.3, -0.25) is 0 Å². The largest absolute Gasteiger partial charge is 0.310 e. The first-order valence-electron chi connectivity index (χ1n) is 7.21. The molecule has 0 aliphatic heterocycles. The summed E-state index contributed by atoms with van der Waals surface area (Å²) in [6, 6.07) is 6.92. The summed E-state index contributed by atoms with van der Waals surface area (Å²) < 4.78 is 0. The van der Waals surface area contributed by atoms with Gasteiger partial charge in [0.1, 0.15) is 0 Å². The average molecular weight is 266 g/mol. The van der Waals surface area contributed by atoms with Gasteiger partial charge in [0.15, 0.2) is 0 Å². The lowest BCUT2D eigenvalue weighted by molar-refractivity contribution is 0.368. The highest BCUT2D eigenvalue weighted by molar-refractivity contribution is 6.31. The fourth-order valence-electron chi connectivity index (χ4n) is 3.01. The molecule has 0 aromatic heterocycles. The third kappa shape index (κ3) is 3.27. The zero-order valence-corrected chi connectivity index (χ0v) is 12.3. The SMILES string of the molecule is CCCNC(c1ccc(C)cc1Cl)C1CCCC1. The van der Waals surface area contributed by atoms with Crippen molar-refractivity contribution in [3.05, 3.63) is 34.3 Å². The fraction of sp³-hybridized carbons (Fsp3) is 0.625. The van der Waals surface area contributed by atoms with E-state index in [4.69, 9.17) is 11.6 Å². The number of benzene rings is 1. The van der Waals surface area contributed by atoms with Gasteiger partial charge in [-0.25, -0.2) is 0 Å². The first-order chi connectivity index (χ1) is 8.72. The van der Waals surface area contributed by atoms with E-state index in [0.717, 1.165) is 17.5 Å². The van der Waals surface area contributed by atoms with E-state index in [9.17, 15) is 0 Å². The van der Waals surface area contributed by atoms with Crippen LogP contribution in [-0.4, -0.2) is 6.54 Å². The highest BCUT2D eigenvalue weighted by Crippen LogP contribution is 2.38. The molecule has 0 saturated heterocycles. The van der Waals surface area contributed by atoms with Crippen LogP contribution in [0.1, 0.15) is 56.2 Å². The second kappa shape index (κ2) is 6.58. The Morgan fingerprint density at radius 2 is 2.06 bits per heavy atom. The second-order valence-corrected chi connectivity index (χ2v) is 5.91.